The number of benzene rings is 6. The highest BCUT2D eigenvalue weighted by molar-refractivity contribution is 7.89. The third-order valence-corrected chi connectivity index (χ3v) is 26.9. The zero-order valence-electron chi connectivity index (χ0n) is 53.1. The van der Waals surface area contributed by atoms with Crippen molar-refractivity contribution in [2.75, 3.05) is 115 Å². The van der Waals surface area contributed by atoms with E-state index in [9.17, 15) is 25.3 Å². The molecule has 0 atom stereocenters. The van der Waals surface area contributed by atoms with E-state index in [2.05, 4.69) is 70.5 Å². The van der Waals surface area contributed by atoms with Crippen LogP contribution in [0.15, 0.2) is 140 Å². The van der Waals surface area contributed by atoms with Gasteiger partial charge < -0.3 is 28.9 Å². The number of piperazine rings is 3. The van der Waals surface area contributed by atoms with Crippen LogP contribution in [0.3, 0.4) is 0 Å². The van der Waals surface area contributed by atoms with E-state index in [1.165, 1.54) is 94.5 Å². The van der Waals surface area contributed by atoms with E-state index in [0.717, 1.165) is 50.9 Å². The predicted molar refractivity (Wildman–Crippen MR) is 390 cm³/mol. The Balaban J connectivity index is 0.000000157. The van der Waals surface area contributed by atoms with Crippen LogP contribution in [0.25, 0.3) is 0 Å². The monoisotopic (exact) mass is 1530 g/mol. The molecule has 3 aromatic heterocycles. The number of ether oxygens (including phenoxy) is 3. The molecule has 6 heterocycles. The Morgan fingerprint density at radius 2 is 0.812 bits per heavy atom. The highest BCUT2D eigenvalue weighted by Gasteiger charge is 2.34. The van der Waals surface area contributed by atoms with Gasteiger partial charge in [-0.1, -0.05) is 118 Å². The molecule has 9 aromatic rings. The molecular formula is C66H69Cl6N9O9S6. The van der Waals surface area contributed by atoms with Gasteiger partial charge in [0.2, 0.25) is 35.8 Å². The Labute approximate surface area is 603 Å². The summed E-state index contributed by atoms with van der Waals surface area (Å²) in [4.78, 5) is 21.0. The lowest BCUT2D eigenvalue weighted by atomic mass is 9.96. The van der Waals surface area contributed by atoms with Gasteiger partial charge in [0.05, 0.1) is 63.4 Å². The molecule has 0 aliphatic carbocycles. The molecule has 0 radical (unpaired) electrons. The third kappa shape index (κ3) is 17.5. The zero-order valence-corrected chi connectivity index (χ0v) is 62.6. The summed E-state index contributed by atoms with van der Waals surface area (Å²) in [5.41, 5.74) is 10.3. The van der Waals surface area contributed by atoms with E-state index >= 15 is 0 Å². The second-order valence-corrected chi connectivity index (χ2v) is 33.5. The quantitative estimate of drug-likeness (QED) is 0.0788. The normalized spacial score (nSPS) is 15.2. The minimum Gasteiger partial charge on any atom is -0.493 e. The second-order valence-electron chi connectivity index (χ2n) is 22.7. The first-order valence-corrected chi connectivity index (χ1v) is 39.4. The zero-order chi connectivity index (χ0) is 68.6. The lowest BCUT2D eigenvalue weighted by Crippen LogP contribution is -2.48. The minimum atomic E-state index is -3.74. The van der Waals surface area contributed by atoms with Crippen molar-refractivity contribution in [3.8, 4) is 17.2 Å². The minimum absolute atomic E-state index is 0.0296. The molecule has 0 N–H and O–H groups in total. The molecule has 0 spiro atoms. The van der Waals surface area contributed by atoms with Gasteiger partial charge in [0.25, 0.3) is 0 Å². The van der Waals surface area contributed by atoms with E-state index in [4.69, 9.17) is 98.8 Å². The van der Waals surface area contributed by atoms with Crippen molar-refractivity contribution in [1.82, 2.24) is 27.9 Å². The fourth-order valence-corrected chi connectivity index (χ4v) is 20.0. The molecule has 18 nitrogen and oxygen atoms in total. The lowest BCUT2D eigenvalue weighted by Gasteiger charge is -2.34. The number of sulfonamides is 3. The van der Waals surface area contributed by atoms with Crippen LogP contribution in [-0.4, -0.2) is 153 Å². The number of rotatable bonds is 18. The molecule has 3 aliphatic rings. The molecule has 30 heteroatoms. The molecule has 0 bridgehead atoms. The Kier molecular flexibility index (Phi) is 24.6. The Morgan fingerprint density at radius 1 is 0.417 bits per heavy atom. The second kappa shape index (κ2) is 32.2. The summed E-state index contributed by atoms with van der Waals surface area (Å²) in [7, 11) is -6.29. The summed E-state index contributed by atoms with van der Waals surface area (Å²) in [5, 5.41) is 10.5. The van der Waals surface area contributed by atoms with E-state index < -0.39 is 30.1 Å². The van der Waals surface area contributed by atoms with Crippen molar-refractivity contribution in [1.29, 1.82) is 0 Å². The Bertz CT molecular complexity index is 4520. The van der Waals surface area contributed by atoms with Gasteiger partial charge in [-0.2, -0.15) is 12.9 Å². The highest BCUT2D eigenvalue weighted by atomic mass is 35.5. The van der Waals surface area contributed by atoms with Gasteiger partial charge in [0.1, 0.15) is 9.79 Å². The first-order chi connectivity index (χ1) is 45.8. The van der Waals surface area contributed by atoms with Crippen LogP contribution < -0.4 is 28.9 Å². The van der Waals surface area contributed by atoms with E-state index in [0.29, 0.717) is 117 Å². The summed E-state index contributed by atoms with van der Waals surface area (Å²) in [6.07, 6.45) is 2.19. The predicted octanol–water partition coefficient (Wildman–Crippen LogP) is 14.6. The summed E-state index contributed by atoms with van der Waals surface area (Å²) in [6, 6.07) is 31.8. The van der Waals surface area contributed by atoms with E-state index in [1.54, 1.807) is 56.1 Å². The maximum atomic E-state index is 13.1. The SMILES string of the molecule is COc1cc(Cc2csc(N3CCN(S(=O)(=O)c4cc(Cl)ccc4Cl)CC3)n2)cc(OC)c1OC.Cc1cc(C)c(Cc2csc(N3CCN(S(=O)(=O)c4cc(Cl)ccc4Cl)CC3)n2)c(C)c1.O=S(=O)(c1ccc(Cl)c(Cl)c1)N1CCN(c2nc(Cc3ccccc3)cs2)CC1. The van der Waals surface area contributed by atoms with Crippen LogP contribution in [-0.2, 0) is 49.3 Å². The average Bonchev–Trinajstić information content (AvgIpc) is 1.21. The number of hydrogen-bond acceptors (Lipinski definition) is 18. The number of nitrogens with zero attached hydrogens (tertiary/aromatic N) is 9. The number of anilines is 3. The molecule has 0 unspecified atom stereocenters. The highest BCUT2D eigenvalue weighted by Crippen LogP contribution is 2.40. The van der Waals surface area contributed by atoms with E-state index in [-0.39, 0.29) is 29.8 Å². The van der Waals surface area contributed by atoms with Gasteiger partial charge in [-0.25, -0.2) is 40.2 Å². The molecule has 0 saturated carbocycles. The summed E-state index contributed by atoms with van der Waals surface area (Å²) < 4.78 is 98.7. The summed E-state index contributed by atoms with van der Waals surface area (Å²) in [5.74, 6) is 1.73. The van der Waals surface area contributed by atoms with Gasteiger partial charge >= 0.3 is 0 Å². The number of hydrogen-bond donors (Lipinski definition) is 0. The van der Waals surface area contributed by atoms with Crippen molar-refractivity contribution in [3.05, 3.63) is 206 Å². The molecule has 3 aliphatic heterocycles. The third-order valence-electron chi connectivity index (χ3n) is 16.2. The fraction of sp³-hybridized carbons (Fsp3) is 0.318. The molecule has 510 valence electrons. The lowest BCUT2D eigenvalue weighted by molar-refractivity contribution is 0.324. The van der Waals surface area contributed by atoms with Crippen LogP contribution in [0.5, 0.6) is 17.2 Å². The van der Waals surface area contributed by atoms with Crippen LogP contribution in [0, 0.1) is 20.8 Å². The fourth-order valence-electron chi connectivity index (χ4n) is 11.3. The average molecular weight is 1540 g/mol. The van der Waals surface area contributed by atoms with Crippen molar-refractivity contribution < 1.29 is 39.5 Å². The molecule has 6 aromatic carbocycles. The van der Waals surface area contributed by atoms with Crippen molar-refractivity contribution in [2.24, 2.45) is 0 Å². The number of aryl methyl sites for hydroxylation is 3. The molecule has 0 amide bonds. The maximum Gasteiger partial charge on any atom is 0.244 e. The molecule has 96 heavy (non-hydrogen) atoms. The van der Waals surface area contributed by atoms with Gasteiger partial charge in [-0.15, -0.1) is 34.0 Å². The summed E-state index contributed by atoms with van der Waals surface area (Å²) >= 11 is 40.9. The standard InChI is InChI=1S/C23H25Cl2N3O5S2.C23H25Cl2N3O2S2.C20H19Cl2N3O2S2/c1-31-19-11-15(12-20(32-2)22(19)33-3)10-17-14-34-23(26-17)27-6-8-28(9-7-27)35(29,30)21-13-16(24)4-5-18(21)25;1-15-10-16(2)20(17(3)11-15)13-19-14-31-23(26-19)27-6-8-28(9-7-27)32(29,30)22-12-18(24)4-5-21(22)25;21-18-7-6-17(13-19(18)22)29(26,27)25-10-8-24(9-11-25)20-23-16(14-28-20)12-15-4-2-1-3-5-15/h4-5,11-14H,6-10H2,1-3H3;4-5,10-12,14H,6-9,13H2,1-3H3;1-7,13-14H,8-12H2. The molecule has 3 saturated heterocycles. The van der Waals surface area contributed by atoms with Gasteiger partial charge in [0.15, 0.2) is 26.9 Å². The largest absolute Gasteiger partial charge is 0.493 e. The van der Waals surface area contributed by atoms with Gasteiger partial charge in [-0.3, -0.25) is 0 Å². The van der Waals surface area contributed by atoms with Gasteiger partial charge in [-0.05, 0) is 115 Å². The number of aromatic nitrogens is 3. The van der Waals surface area contributed by atoms with Crippen LogP contribution >= 0.6 is 104 Å². The Morgan fingerprint density at radius 3 is 1.22 bits per heavy atom. The molecule has 12 rings (SSSR count). The number of methoxy groups -OCH3 is 3. The topological polar surface area (TPSA) is 188 Å². The maximum absolute atomic E-state index is 13.1. The Hall–Kier alpha value is -5.52. The van der Waals surface area contributed by atoms with Crippen molar-refractivity contribution in [2.45, 2.75) is 54.7 Å². The van der Waals surface area contributed by atoms with E-state index in [1.807, 2.05) is 35.7 Å². The van der Waals surface area contributed by atoms with Crippen molar-refractivity contribution in [3.63, 3.8) is 0 Å². The first-order valence-electron chi connectivity index (χ1n) is 30.2. The van der Waals surface area contributed by atoms with Crippen LogP contribution in [0.4, 0.5) is 15.4 Å². The smallest absolute Gasteiger partial charge is 0.244 e. The molecule has 3 fully saturated rings. The first kappa shape index (κ1) is 73.2. The van der Waals surface area contributed by atoms with Crippen LogP contribution in [0.2, 0.25) is 30.1 Å². The number of thiazole rings is 3. The summed E-state index contributed by atoms with van der Waals surface area (Å²) in [6.45, 7) is 12.0. The van der Waals surface area contributed by atoms with Crippen molar-refractivity contribution >= 4 is 149 Å². The van der Waals surface area contributed by atoms with Gasteiger partial charge in [0, 0.05) is 124 Å². The molecular weight excluding hydrogens is 1470 g/mol. The number of halogens is 6. The van der Waals surface area contributed by atoms with Crippen LogP contribution in [0.1, 0.15) is 50.5 Å².